The van der Waals surface area contributed by atoms with Crippen LogP contribution in [0.25, 0.3) is 0 Å². The smallest absolute Gasteiger partial charge is 0.261 e. The van der Waals surface area contributed by atoms with Crippen LogP contribution in [0, 0.1) is 0 Å². The maximum Gasteiger partial charge on any atom is 0.261 e. The van der Waals surface area contributed by atoms with Crippen LogP contribution < -0.4 is 5.32 Å². The number of aryl methyl sites for hydroxylation is 2. The zero-order chi connectivity index (χ0) is 15.6. The largest absolute Gasteiger partial charge is 0.322 e. The van der Waals surface area contributed by atoms with Crippen molar-refractivity contribution in [2.24, 2.45) is 7.05 Å². The van der Waals surface area contributed by atoms with Gasteiger partial charge < -0.3 is 5.32 Å². The summed E-state index contributed by atoms with van der Waals surface area (Å²) in [5.74, 6) is -0.290. The highest BCUT2D eigenvalue weighted by Gasteiger charge is 2.15. The van der Waals surface area contributed by atoms with Crippen molar-refractivity contribution in [1.29, 1.82) is 0 Å². The topological polar surface area (TPSA) is 81.1 Å². The van der Waals surface area contributed by atoms with Crippen molar-refractivity contribution < 1.29 is 13.2 Å². The highest BCUT2D eigenvalue weighted by molar-refractivity contribution is 8.13. The van der Waals surface area contributed by atoms with Crippen molar-refractivity contribution in [3.05, 3.63) is 41.7 Å². The Balaban J connectivity index is 2.20. The molecule has 0 saturated heterocycles. The molecule has 0 radical (unpaired) electrons. The summed E-state index contributed by atoms with van der Waals surface area (Å²) in [4.78, 5) is 12.2. The van der Waals surface area contributed by atoms with E-state index in [-0.39, 0.29) is 10.8 Å². The molecular weight excluding hydrogens is 314 g/mol. The van der Waals surface area contributed by atoms with E-state index in [1.807, 2.05) is 6.92 Å². The van der Waals surface area contributed by atoms with Crippen LogP contribution in [-0.2, 0) is 22.5 Å². The molecule has 2 aromatic rings. The summed E-state index contributed by atoms with van der Waals surface area (Å²) in [5, 5.41) is 6.89. The Hall–Kier alpha value is -1.86. The molecule has 6 nitrogen and oxygen atoms in total. The summed E-state index contributed by atoms with van der Waals surface area (Å²) < 4.78 is 23.9. The van der Waals surface area contributed by atoms with E-state index in [1.54, 1.807) is 17.9 Å². The number of hydrogen-bond acceptors (Lipinski definition) is 4. The van der Waals surface area contributed by atoms with Crippen LogP contribution in [0.4, 0.5) is 5.69 Å². The first-order valence-electron chi connectivity index (χ1n) is 6.20. The molecule has 0 unspecified atom stereocenters. The third-order valence-electron chi connectivity index (χ3n) is 2.88. The van der Waals surface area contributed by atoms with Gasteiger partial charge in [0.2, 0.25) is 0 Å². The lowest BCUT2D eigenvalue weighted by Gasteiger charge is -2.05. The Kier molecular flexibility index (Phi) is 4.34. The van der Waals surface area contributed by atoms with E-state index < -0.39 is 9.05 Å². The fraction of sp³-hybridized carbons (Fsp3) is 0.231. The number of nitrogens with one attached hydrogen (secondary N) is 1. The number of halogens is 1. The van der Waals surface area contributed by atoms with Crippen molar-refractivity contribution in [3.8, 4) is 0 Å². The van der Waals surface area contributed by atoms with Crippen molar-refractivity contribution >= 4 is 31.3 Å². The maximum absolute atomic E-state index is 12.2. The average molecular weight is 328 g/mol. The third-order valence-corrected chi connectivity index (χ3v) is 4.25. The minimum Gasteiger partial charge on any atom is -0.322 e. The number of aromatic nitrogens is 2. The number of nitrogens with zero attached hydrogens (tertiary/aromatic N) is 2. The fourth-order valence-corrected chi connectivity index (χ4v) is 2.65. The van der Waals surface area contributed by atoms with Crippen LogP contribution >= 0.6 is 10.7 Å². The number of hydrogen-bond donors (Lipinski definition) is 1. The van der Waals surface area contributed by atoms with Gasteiger partial charge in [-0.05, 0) is 30.7 Å². The van der Waals surface area contributed by atoms with Crippen LogP contribution in [0.15, 0.2) is 35.4 Å². The summed E-state index contributed by atoms with van der Waals surface area (Å²) in [7, 11) is 3.21. The normalized spacial score (nSPS) is 11.4. The monoisotopic (exact) mass is 327 g/mol. The third kappa shape index (κ3) is 3.62. The van der Waals surface area contributed by atoms with Gasteiger partial charge in [-0.25, -0.2) is 8.42 Å². The van der Waals surface area contributed by atoms with Crippen LogP contribution in [0.5, 0.6) is 0 Å². The lowest BCUT2D eigenvalue weighted by atomic mass is 10.2. The number of rotatable bonds is 4. The number of benzene rings is 1. The van der Waals surface area contributed by atoms with Gasteiger partial charge in [0.15, 0.2) is 0 Å². The van der Waals surface area contributed by atoms with E-state index in [2.05, 4.69) is 10.4 Å². The van der Waals surface area contributed by atoms with Crippen LogP contribution in [0.2, 0.25) is 0 Å². The zero-order valence-corrected chi connectivity index (χ0v) is 13.1. The molecule has 1 heterocycles. The maximum atomic E-state index is 12.2. The minimum atomic E-state index is -3.76. The second-order valence-electron chi connectivity index (χ2n) is 4.43. The fourth-order valence-electron chi connectivity index (χ4n) is 1.88. The molecule has 112 valence electrons. The molecule has 1 aromatic carbocycles. The van der Waals surface area contributed by atoms with Crippen molar-refractivity contribution in [2.45, 2.75) is 18.2 Å². The predicted octanol–water partition coefficient (Wildman–Crippen LogP) is 2.16. The number of carbonyl (C=O) groups excluding carboxylic acids is 1. The first kappa shape index (κ1) is 15.5. The van der Waals surface area contributed by atoms with Crippen molar-refractivity contribution in [2.75, 3.05) is 5.32 Å². The minimum absolute atomic E-state index is 0.0159. The summed E-state index contributed by atoms with van der Waals surface area (Å²) in [6.07, 6.45) is 2.29. The molecule has 0 spiro atoms. The molecule has 0 aliphatic carbocycles. The lowest BCUT2D eigenvalue weighted by molar-refractivity contribution is 0.102. The van der Waals surface area contributed by atoms with Gasteiger partial charge >= 0.3 is 0 Å². The molecule has 8 heteroatoms. The summed E-state index contributed by atoms with van der Waals surface area (Å²) in [5.41, 5.74) is 1.68. The standard InChI is InChI=1S/C13H14ClN3O3S/c1-3-12-11(8-17(2)16-12)13(18)15-9-4-6-10(7-5-9)21(14,19)20/h4-8H,3H2,1-2H3,(H,15,18). The first-order chi connectivity index (χ1) is 9.81. The van der Waals surface area contributed by atoms with Crippen molar-refractivity contribution in [3.63, 3.8) is 0 Å². The van der Waals surface area contributed by atoms with Gasteiger partial charge in [-0.3, -0.25) is 9.48 Å². The summed E-state index contributed by atoms with van der Waals surface area (Å²) >= 11 is 0. The van der Waals surface area contributed by atoms with Crippen LogP contribution in [-0.4, -0.2) is 24.1 Å². The number of carbonyl (C=O) groups is 1. The Morgan fingerprint density at radius 1 is 1.33 bits per heavy atom. The molecule has 2 rings (SSSR count). The van der Waals surface area contributed by atoms with Gasteiger partial charge in [0.05, 0.1) is 16.2 Å². The SMILES string of the molecule is CCc1nn(C)cc1C(=O)Nc1ccc(S(=O)(=O)Cl)cc1. The van der Waals surface area contributed by atoms with Gasteiger partial charge in [0.25, 0.3) is 15.0 Å². The van der Waals surface area contributed by atoms with E-state index in [4.69, 9.17) is 10.7 Å². The molecule has 1 amide bonds. The Labute approximate surface area is 127 Å². The first-order valence-corrected chi connectivity index (χ1v) is 8.50. The molecule has 0 atom stereocenters. The van der Waals surface area contributed by atoms with Gasteiger partial charge in [-0.2, -0.15) is 5.10 Å². The highest BCUT2D eigenvalue weighted by Crippen LogP contribution is 2.18. The lowest BCUT2D eigenvalue weighted by Crippen LogP contribution is -2.13. The molecule has 1 aromatic heterocycles. The van der Waals surface area contributed by atoms with E-state index in [1.165, 1.54) is 24.3 Å². The van der Waals surface area contributed by atoms with Gasteiger partial charge in [-0.1, -0.05) is 6.92 Å². The van der Waals surface area contributed by atoms with Crippen molar-refractivity contribution in [1.82, 2.24) is 9.78 Å². The van der Waals surface area contributed by atoms with E-state index in [9.17, 15) is 13.2 Å². The Morgan fingerprint density at radius 3 is 2.48 bits per heavy atom. The molecule has 0 bridgehead atoms. The molecule has 0 saturated carbocycles. The summed E-state index contributed by atoms with van der Waals surface area (Å²) in [6, 6.07) is 5.63. The Bertz CT molecular complexity index is 766. The molecule has 21 heavy (non-hydrogen) atoms. The second-order valence-corrected chi connectivity index (χ2v) is 7.00. The van der Waals surface area contributed by atoms with E-state index >= 15 is 0 Å². The highest BCUT2D eigenvalue weighted by atomic mass is 35.7. The number of amides is 1. The predicted molar refractivity (Wildman–Crippen MR) is 80.0 cm³/mol. The average Bonchev–Trinajstić information content (AvgIpc) is 2.79. The molecule has 0 aliphatic heterocycles. The van der Waals surface area contributed by atoms with E-state index in [0.29, 0.717) is 23.4 Å². The van der Waals surface area contributed by atoms with E-state index in [0.717, 1.165) is 0 Å². The molecule has 0 aliphatic rings. The zero-order valence-electron chi connectivity index (χ0n) is 11.5. The summed E-state index contributed by atoms with van der Waals surface area (Å²) in [6.45, 7) is 1.92. The number of anilines is 1. The Morgan fingerprint density at radius 2 is 1.95 bits per heavy atom. The molecule has 0 fully saturated rings. The van der Waals surface area contributed by atoms with Gasteiger partial charge in [-0.15, -0.1) is 0 Å². The second kappa shape index (κ2) is 5.87. The van der Waals surface area contributed by atoms with Gasteiger partial charge in [0, 0.05) is 29.6 Å². The quantitative estimate of drug-likeness (QED) is 0.872. The van der Waals surface area contributed by atoms with Crippen LogP contribution in [0.1, 0.15) is 23.0 Å². The van der Waals surface area contributed by atoms with Crippen LogP contribution in [0.3, 0.4) is 0 Å². The molecular formula is C13H14ClN3O3S. The van der Waals surface area contributed by atoms with Gasteiger partial charge in [0.1, 0.15) is 0 Å². The molecule has 1 N–H and O–H groups in total.